The van der Waals surface area contributed by atoms with Crippen molar-refractivity contribution < 1.29 is 14.3 Å². The van der Waals surface area contributed by atoms with Crippen molar-refractivity contribution in [3.63, 3.8) is 0 Å². The van der Waals surface area contributed by atoms with Crippen LogP contribution in [0.4, 0.5) is 4.79 Å². The van der Waals surface area contributed by atoms with E-state index in [2.05, 4.69) is 12.2 Å². The quantitative estimate of drug-likeness (QED) is 0.638. The molecule has 0 saturated carbocycles. The Morgan fingerprint density at radius 3 is 2.44 bits per heavy atom. The smallest absolute Gasteiger partial charge is 0.321 e. The lowest BCUT2D eigenvalue weighted by atomic mass is 10.1. The first-order valence-electron chi connectivity index (χ1n) is 5.12. The Morgan fingerprint density at radius 2 is 2.00 bits per heavy atom. The molecular weight excluding hydrogens is 313 g/mol. The number of thiol groups is 1. The number of rotatable bonds is 2. The Balaban J connectivity index is 2.30. The Bertz CT molecular complexity index is 518. The number of nitrogens with zero attached hydrogens (tertiary/aromatic N) is 1. The summed E-state index contributed by atoms with van der Waals surface area (Å²) in [6, 6.07) is 6.70. The number of benzene rings is 1. The highest BCUT2D eigenvalue weighted by molar-refractivity contribution is 8.45. The standard InChI is InChI=1S/C10H11ClNO3PS2/c1-6-9(7-2-4-8(11)5-3-7)18-10(13)12(6)16(14,15)17/h2-6,9H,1H3,(H2,14,15,17). The molecule has 1 amide bonds. The molecule has 0 radical (unpaired) electrons. The van der Waals surface area contributed by atoms with Gasteiger partial charge >= 0.3 is 6.72 Å². The van der Waals surface area contributed by atoms with Gasteiger partial charge in [-0.2, -0.15) is 0 Å². The Kier molecular flexibility index (Phi) is 4.04. The molecule has 1 saturated heterocycles. The van der Waals surface area contributed by atoms with E-state index in [0.29, 0.717) is 5.02 Å². The van der Waals surface area contributed by atoms with Gasteiger partial charge in [-0.05, 0) is 24.6 Å². The van der Waals surface area contributed by atoms with E-state index in [1.54, 1.807) is 19.1 Å². The molecule has 1 aliphatic rings. The van der Waals surface area contributed by atoms with E-state index in [1.165, 1.54) is 0 Å². The first kappa shape index (κ1) is 14.3. The molecule has 0 aromatic heterocycles. The summed E-state index contributed by atoms with van der Waals surface area (Å²) in [6.45, 7) is -2.13. The lowest BCUT2D eigenvalue weighted by Gasteiger charge is -2.24. The predicted molar refractivity (Wildman–Crippen MR) is 77.3 cm³/mol. The van der Waals surface area contributed by atoms with Crippen molar-refractivity contribution in [3.8, 4) is 0 Å². The third kappa shape index (κ3) is 2.73. The van der Waals surface area contributed by atoms with E-state index in [1.807, 2.05) is 12.1 Å². The molecule has 4 nitrogen and oxygen atoms in total. The van der Waals surface area contributed by atoms with Crippen molar-refractivity contribution in [2.24, 2.45) is 0 Å². The van der Waals surface area contributed by atoms with Crippen LogP contribution in [0, 0.1) is 0 Å². The van der Waals surface area contributed by atoms with Gasteiger partial charge in [0.05, 0.1) is 11.3 Å². The fraction of sp³-hybridized carbons (Fsp3) is 0.300. The van der Waals surface area contributed by atoms with E-state index < -0.39 is 18.0 Å². The summed E-state index contributed by atoms with van der Waals surface area (Å²) in [5.74, 6) is 0. The molecule has 8 heteroatoms. The minimum absolute atomic E-state index is 0.192. The maximum Gasteiger partial charge on any atom is 0.351 e. The molecule has 0 bridgehead atoms. The Labute approximate surface area is 119 Å². The largest absolute Gasteiger partial charge is 0.351 e. The molecule has 0 spiro atoms. The van der Waals surface area contributed by atoms with Gasteiger partial charge in [0.25, 0.3) is 5.24 Å². The zero-order chi connectivity index (χ0) is 13.5. The van der Waals surface area contributed by atoms with Crippen molar-refractivity contribution in [2.45, 2.75) is 18.2 Å². The summed E-state index contributed by atoms with van der Waals surface area (Å²) in [5.41, 5.74) is 0.898. The maximum atomic E-state index is 11.8. The van der Waals surface area contributed by atoms with Gasteiger partial charge in [-0.25, -0.2) is 0 Å². The molecule has 0 aliphatic carbocycles. The van der Waals surface area contributed by atoms with Gasteiger partial charge in [0.1, 0.15) is 0 Å². The van der Waals surface area contributed by atoms with Gasteiger partial charge in [0.15, 0.2) is 0 Å². The SMILES string of the molecule is CC1C(c2ccc(Cl)cc2)SC(=O)N1P(=O)(O)S. The fourth-order valence-electron chi connectivity index (χ4n) is 1.90. The van der Waals surface area contributed by atoms with Crippen molar-refractivity contribution in [2.75, 3.05) is 0 Å². The summed E-state index contributed by atoms with van der Waals surface area (Å²) < 4.78 is 12.5. The van der Waals surface area contributed by atoms with Gasteiger partial charge in [-0.15, -0.1) is 0 Å². The topological polar surface area (TPSA) is 57.6 Å². The summed E-state index contributed by atoms with van der Waals surface area (Å²) in [7, 11) is 0. The van der Waals surface area contributed by atoms with Gasteiger partial charge in [-0.1, -0.05) is 47.7 Å². The molecule has 18 heavy (non-hydrogen) atoms. The second-order valence-electron chi connectivity index (χ2n) is 3.95. The van der Waals surface area contributed by atoms with Crippen molar-refractivity contribution in [1.29, 1.82) is 0 Å². The van der Waals surface area contributed by atoms with Crippen LogP contribution >= 0.6 is 42.3 Å². The first-order valence-corrected chi connectivity index (χ1v) is 9.14. The number of carbonyl (C=O) groups is 1. The number of thioether (sulfide) groups is 1. The Hall–Kier alpha value is -0.130. The summed E-state index contributed by atoms with van der Waals surface area (Å²) in [4.78, 5) is 21.2. The highest BCUT2D eigenvalue weighted by Crippen LogP contribution is 2.59. The summed E-state index contributed by atoms with van der Waals surface area (Å²) in [5, 5.41) is -0.00900. The molecule has 2 rings (SSSR count). The van der Waals surface area contributed by atoms with E-state index in [9.17, 15) is 14.3 Å². The number of hydrogen-bond acceptors (Lipinski definition) is 3. The fourth-order valence-corrected chi connectivity index (χ4v) is 5.43. The molecule has 1 N–H and O–H groups in total. The van der Waals surface area contributed by atoms with Crippen molar-refractivity contribution in [3.05, 3.63) is 34.9 Å². The molecule has 3 atom stereocenters. The van der Waals surface area contributed by atoms with Gasteiger partial charge < -0.3 is 4.89 Å². The second-order valence-corrected chi connectivity index (χ2v) is 8.50. The zero-order valence-corrected chi connectivity index (χ0v) is 12.7. The molecule has 1 aromatic rings. The molecule has 1 aromatic carbocycles. The molecular formula is C10H11ClNO3PS2. The lowest BCUT2D eigenvalue weighted by Crippen LogP contribution is -2.27. The monoisotopic (exact) mass is 323 g/mol. The van der Waals surface area contributed by atoms with Crippen LogP contribution in [0.3, 0.4) is 0 Å². The van der Waals surface area contributed by atoms with Crippen LogP contribution in [0.25, 0.3) is 0 Å². The highest BCUT2D eigenvalue weighted by Gasteiger charge is 2.45. The third-order valence-corrected chi connectivity index (χ3v) is 6.11. The van der Waals surface area contributed by atoms with Gasteiger partial charge in [0, 0.05) is 5.02 Å². The zero-order valence-electron chi connectivity index (χ0n) is 9.36. The van der Waals surface area contributed by atoms with Crippen LogP contribution < -0.4 is 0 Å². The average molecular weight is 324 g/mol. The van der Waals surface area contributed by atoms with Gasteiger partial charge in [0.2, 0.25) is 0 Å². The van der Waals surface area contributed by atoms with Crippen molar-refractivity contribution in [1.82, 2.24) is 4.67 Å². The second kappa shape index (κ2) is 5.10. The van der Waals surface area contributed by atoms with Crippen LogP contribution in [0.2, 0.25) is 5.02 Å². The van der Waals surface area contributed by atoms with E-state index >= 15 is 0 Å². The van der Waals surface area contributed by atoms with Crippen LogP contribution in [0.15, 0.2) is 24.3 Å². The summed E-state index contributed by atoms with van der Waals surface area (Å²) >= 11 is 10.5. The lowest BCUT2D eigenvalue weighted by molar-refractivity contribution is 0.237. The average Bonchev–Trinajstić information content (AvgIpc) is 2.54. The molecule has 1 aliphatic heterocycles. The highest BCUT2D eigenvalue weighted by atomic mass is 35.5. The molecule has 98 valence electrons. The minimum Gasteiger partial charge on any atom is -0.321 e. The maximum absolute atomic E-state index is 11.8. The number of hydrogen-bond donors (Lipinski definition) is 2. The van der Waals surface area contributed by atoms with E-state index in [4.69, 9.17) is 11.6 Å². The number of carbonyl (C=O) groups excluding carboxylic acids is 1. The van der Waals surface area contributed by atoms with Crippen LogP contribution in [-0.4, -0.2) is 20.8 Å². The van der Waals surface area contributed by atoms with Crippen LogP contribution in [-0.2, 0) is 4.57 Å². The van der Waals surface area contributed by atoms with Crippen molar-refractivity contribution >= 4 is 47.6 Å². The van der Waals surface area contributed by atoms with Gasteiger partial charge in [-0.3, -0.25) is 14.0 Å². The van der Waals surface area contributed by atoms with Crippen LogP contribution in [0.1, 0.15) is 17.7 Å². The molecule has 1 heterocycles. The van der Waals surface area contributed by atoms with E-state index in [-0.39, 0.29) is 5.25 Å². The van der Waals surface area contributed by atoms with E-state index in [0.717, 1.165) is 22.0 Å². The molecule has 3 unspecified atom stereocenters. The predicted octanol–water partition coefficient (Wildman–Crippen LogP) is 3.97. The van der Waals surface area contributed by atoms with Crippen LogP contribution in [0.5, 0.6) is 0 Å². The number of halogens is 1. The normalized spacial score (nSPS) is 27.3. The molecule has 1 fully saturated rings. The minimum atomic E-state index is -3.86. The summed E-state index contributed by atoms with van der Waals surface area (Å²) in [6.07, 6.45) is 0. The third-order valence-electron chi connectivity index (χ3n) is 2.72. The first-order chi connectivity index (χ1) is 8.30. The number of amides is 1. The Morgan fingerprint density at radius 1 is 1.44 bits per heavy atom.